The van der Waals surface area contributed by atoms with Crippen LogP contribution in [0.1, 0.15) is 18.4 Å². The molecule has 3 rings (SSSR count). The fourth-order valence-corrected chi connectivity index (χ4v) is 2.96. The topological polar surface area (TPSA) is 84.7 Å². The number of carbonyl (C=O) groups is 1. The fourth-order valence-electron chi connectivity index (χ4n) is 2.96. The first kappa shape index (κ1) is 17.7. The minimum Gasteiger partial charge on any atom is -0.477 e. The van der Waals surface area contributed by atoms with Crippen LogP contribution in [0.5, 0.6) is 5.75 Å². The minimum absolute atomic E-state index is 0.0835. The summed E-state index contributed by atoms with van der Waals surface area (Å²) in [6, 6.07) is 12.3. The predicted molar refractivity (Wildman–Crippen MR) is 99.8 cm³/mol. The molecule has 0 unspecified atom stereocenters. The molecule has 0 aliphatic carbocycles. The largest absolute Gasteiger partial charge is 0.477 e. The lowest BCUT2D eigenvalue weighted by molar-refractivity contribution is -0.385. The number of amides is 1. The molecule has 136 valence electrons. The van der Waals surface area contributed by atoms with Gasteiger partial charge in [-0.05, 0) is 55.7 Å². The Morgan fingerprint density at radius 2 is 1.88 bits per heavy atom. The van der Waals surface area contributed by atoms with Gasteiger partial charge in [0.25, 0.3) is 5.91 Å². The quantitative estimate of drug-likeness (QED) is 0.633. The van der Waals surface area contributed by atoms with Crippen molar-refractivity contribution in [3.63, 3.8) is 0 Å². The molecule has 1 amide bonds. The van der Waals surface area contributed by atoms with Crippen molar-refractivity contribution < 1.29 is 14.5 Å². The van der Waals surface area contributed by atoms with Gasteiger partial charge in [-0.2, -0.15) is 0 Å². The lowest BCUT2D eigenvalue weighted by Crippen LogP contribution is -2.21. The Bertz CT molecular complexity index is 799. The monoisotopic (exact) mass is 355 g/mol. The molecular formula is C19H21N3O4. The summed E-state index contributed by atoms with van der Waals surface area (Å²) in [5.41, 5.74) is 2.42. The van der Waals surface area contributed by atoms with E-state index in [1.807, 2.05) is 24.3 Å². The average molecular weight is 355 g/mol. The van der Waals surface area contributed by atoms with Crippen molar-refractivity contribution in [2.45, 2.75) is 19.8 Å². The first-order chi connectivity index (χ1) is 12.5. The van der Waals surface area contributed by atoms with Crippen LogP contribution in [0.15, 0.2) is 42.5 Å². The highest BCUT2D eigenvalue weighted by Gasteiger charge is 2.16. The Balaban J connectivity index is 1.57. The van der Waals surface area contributed by atoms with E-state index in [9.17, 15) is 14.9 Å². The summed E-state index contributed by atoms with van der Waals surface area (Å²) in [6.07, 6.45) is 2.42. The second kappa shape index (κ2) is 7.86. The summed E-state index contributed by atoms with van der Waals surface area (Å²) in [4.78, 5) is 24.9. The van der Waals surface area contributed by atoms with Crippen LogP contribution < -0.4 is 15.0 Å². The number of rotatable bonds is 6. The highest BCUT2D eigenvalue weighted by molar-refractivity contribution is 5.92. The second-order valence-electron chi connectivity index (χ2n) is 6.31. The Kier molecular flexibility index (Phi) is 5.36. The van der Waals surface area contributed by atoms with Crippen LogP contribution in [0.25, 0.3) is 0 Å². The molecule has 0 radical (unpaired) electrons. The van der Waals surface area contributed by atoms with Crippen LogP contribution in [0, 0.1) is 17.0 Å². The number of ether oxygens (including phenoxy) is 1. The average Bonchev–Trinajstić information content (AvgIpc) is 3.16. The molecule has 2 aromatic rings. The van der Waals surface area contributed by atoms with Gasteiger partial charge in [0.15, 0.2) is 12.4 Å². The second-order valence-corrected chi connectivity index (χ2v) is 6.31. The lowest BCUT2D eigenvalue weighted by atomic mass is 10.2. The summed E-state index contributed by atoms with van der Waals surface area (Å²) in [6.45, 7) is 3.59. The number of nitro benzene ring substituents is 1. The highest BCUT2D eigenvalue weighted by Crippen LogP contribution is 2.27. The van der Waals surface area contributed by atoms with Crippen LogP contribution in [-0.4, -0.2) is 30.5 Å². The molecule has 7 heteroatoms. The van der Waals surface area contributed by atoms with Gasteiger partial charge in [0.05, 0.1) is 4.92 Å². The van der Waals surface area contributed by atoms with Crippen LogP contribution in [0.4, 0.5) is 17.1 Å². The molecule has 0 atom stereocenters. The number of aryl methyl sites for hydroxylation is 1. The highest BCUT2D eigenvalue weighted by atomic mass is 16.6. The maximum absolute atomic E-state index is 12.1. The molecule has 0 aromatic heterocycles. The van der Waals surface area contributed by atoms with Crippen LogP contribution in [0.3, 0.4) is 0 Å². The minimum atomic E-state index is -0.517. The number of nitrogens with zero attached hydrogens (tertiary/aromatic N) is 2. The first-order valence-electron chi connectivity index (χ1n) is 8.55. The van der Waals surface area contributed by atoms with E-state index in [0.717, 1.165) is 24.3 Å². The van der Waals surface area contributed by atoms with Crippen molar-refractivity contribution in [2.75, 3.05) is 29.9 Å². The Hall–Kier alpha value is -3.09. The van der Waals surface area contributed by atoms with Gasteiger partial charge < -0.3 is 15.0 Å². The van der Waals surface area contributed by atoms with E-state index in [2.05, 4.69) is 10.2 Å². The molecule has 1 aliphatic rings. The van der Waals surface area contributed by atoms with Gasteiger partial charge in [-0.1, -0.05) is 6.07 Å². The Labute approximate surface area is 151 Å². The summed E-state index contributed by atoms with van der Waals surface area (Å²) in [7, 11) is 0. The third-order valence-electron chi connectivity index (χ3n) is 4.29. The summed E-state index contributed by atoms with van der Waals surface area (Å²) in [5.74, 6) is -0.283. The predicted octanol–water partition coefficient (Wildman–Crippen LogP) is 3.52. The Morgan fingerprint density at radius 3 is 2.54 bits per heavy atom. The van der Waals surface area contributed by atoms with E-state index in [1.165, 1.54) is 25.0 Å². The number of hydrogen-bond acceptors (Lipinski definition) is 5. The molecule has 1 fully saturated rings. The molecular weight excluding hydrogens is 334 g/mol. The molecule has 26 heavy (non-hydrogen) atoms. The van der Waals surface area contributed by atoms with Gasteiger partial charge in [0, 0.05) is 30.5 Å². The maximum Gasteiger partial charge on any atom is 0.311 e. The molecule has 1 N–H and O–H groups in total. The van der Waals surface area contributed by atoms with E-state index in [1.54, 1.807) is 13.0 Å². The number of nitro groups is 1. The van der Waals surface area contributed by atoms with Crippen molar-refractivity contribution in [1.82, 2.24) is 0 Å². The summed E-state index contributed by atoms with van der Waals surface area (Å²) in [5, 5.41) is 13.8. The van der Waals surface area contributed by atoms with Crippen molar-refractivity contribution in [1.29, 1.82) is 0 Å². The third-order valence-corrected chi connectivity index (χ3v) is 4.29. The number of carbonyl (C=O) groups excluding carboxylic acids is 1. The molecule has 7 nitrogen and oxygen atoms in total. The van der Waals surface area contributed by atoms with Gasteiger partial charge in [-0.15, -0.1) is 0 Å². The van der Waals surface area contributed by atoms with Gasteiger partial charge in [0.1, 0.15) is 0 Å². The van der Waals surface area contributed by atoms with Crippen molar-refractivity contribution in [3.8, 4) is 5.75 Å². The molecule has 1 saturated heterocycles. The smallest absolute Gasteiger partial charge is 0.311 e. The van der Waals surface area contributed by atoms with Gasteiger partial charge >= 0.3 is 5.69 Å². The Morgan fingerprint density at radius 1 is 1.19 bits per heavy atom. The number of hydrogen-bond donors (Lipinski definition) is 1. The van der Waals surface area contributed by atoms with E-state index >= 15 is 0 Å². The number of anilines is 2. The molecule has 1 aliphatic heterocycles. The standard InChI is InChI=1S/C19H21N3O4/c1-14-4-9-18(17(12-14)22(24)25)26-13-19(23)20-15-5-7-16(8-6-15)21-10-2-3-11-21/h4-9,12H,2-3,10-11,13H2,1H3,(H,20,23). The molecule has 1 heterocycles. The fraction of sp³-hybridized carbons (Fsp3) is 0.316. The van der Waals surface area contributed by atoms with Gasteiger partial charge in [-0.3, -0.25) is 14.9 Å². The normalized spacial score (nSPS) is 13.5. The van der Waals surface area contributed by atoms with Gasteiger partial charge in [0.2, 0.25) is 0 Å². The summed E-state index contributed by atoms with van der Waals surface area (Å²) < 4.78 is 5.33. The van der Waals surface area contributed by atoms with E-state index < -0.39 is 4.92 Å². The number of benzene rings is 2. The molecule has 0 saturated carbocycles. The maximum atomic E-state index is 12.1. The zero-order valence-corrected chi connectivity index (χ0v) is 14.6. The van der Waals surface area contributed by atoms with Crippen LogP contribution >= 0.6 is 0 Å². The van der Waals surface area contributed by atoms with E-state index in [0.29, 0.717) is 5.69 Å². The summed E-state index contributed by atoms with van der Waals surface area (Å²) >= 11 is 0. The van der Waals surface area contributed by atoms with Crippen molar-refractivity contribution in [3.05, 3.63) is 58.1 Å². The van der Waals surface area contributed by atoms with E-state index in [-0.39, 0.29) is 24.0 Å². The SMILES string of the molecule is Cc1ccc(OCC(=O)Nc2ccc(N3CCCC3)cc2)c([N+](=O)[O-])c1. The van der Waals surface area contributed by atoms with Gasteiger partial charge in [-0.25, -0.2) is 0 Å². The van der Waals surface area contributed by atoms with Crippen molar-refractivity contribution in [2.24, 2.45) is 0 Å². The van der Waals surface area contributed by atoms with Crippen LogP contribution in [-0.2, 0) is 4.79 Å². The molecule has 2 aromatic carbocycles. The van der Waals surface area contributed by atoms with E-state index in [4.69, 9.17) is 4.74 Å². The third kappa shape index (κ3) is 4.30. The molecule has 0 spiro atoms. The number of nitrogens with one attached hydrogen (secondary N) is 1. The first-order valence-corrected chi connectivity index (χ1v) is 8.55. The van der Waals surface area contributed by atoms with Crippen molar-refractivity contribution >= 4 is 23.0 Å². The molecule has 0 bridgehead atoms. The lowest BCUT2D eigenvalue weighted by Gasteiger charge is -2.17. The van der Waals surface area contributed by atoms with Crippen LogP contribution in [0.2, 0.25) is 0 Å². The zero-order chi connectivity index (χ0) is 18.5. The zero-order valence-electron chi connectivity index (χ0n) is 14.6.